The van der Waals surface area contributed by atoms with Gasteiger partial charge in [-0.2, -0.15) is 0 Å². The Bertz CT molecular complexity index is 160. The maximum atomic E-state index is 9.34. The highest BCUT2D eigenvalue weighted by atomic mass is 16.3. The van der Waals surface area contributed by atoms with Gasteiger partial charge in [0, 0.05) is 0 Å². The van der Waals surface area contributed by atoms with E-state index in [0.29, 0.717) is 5.92 Å². The Kier molecular flexibility index (Phi) is 1.34. The molecule has 4 atom stereocenters. The molecule has 0 aromatic heterocycles. The third-order valence-electron chi connectivity index (χ3n) is 2.85. The average Bonchev–Trinajstić information content (AvgIpc) is 2.63. The summed E-state index contributed by atoms with van der Waals surface area (Å²) in [5.74, 6) is 2.22. The first-order chi connectivity index (χ1) is 4.79. The summed E-state index contributed by atoms with van der Waals surface area (Å²) in [4.78, 5) is 0. The van der Waals surface area contributed by atoms with Crippen LogP contribution in [0.3, 0.4) is 0 Å². The molecule has 0 saturated heterocycles. The highest BCUT2D eigenvalue weighted by Crippen LogP contribution is 2.50. The monoisotopic (exact) mass is 138 g/mol. The first kappa shape index (κ1) is 6.41. The molecule has 56 valence electrons. The van der Waals surface area contributed by atoms with E-state index in [4.69, 9.17) is 0 Å². The normalized spacial score (nSPS) is 46.4. The lowest BCUT2D eigenvalue weighted by molar-refractivity contribution is 0.110. The minimum Gasteiger partial charge on any atom is -0.393 e. The Morgan fingerprint density at radius 3 is 3.00 bits per heavy atom. The van der Waals surface area contributed by atoms with E-state index >= 15 is 0 Å². The van der Waals surface area contributed by atoms with Crippen LogP contribution in [-0.4, -0.2) is 11.2 Å². The molecule has 2 aliphatic rings. The fraction of sp³-hybridized carbons (Fsp3) is 0.778. The van der Waals surface area contributed by atoms with E-state index in [9.17, 15) is 5.11 Å². The molecular weight excluding hydrogens is 124 g/mol. The number of aliphatic hydroxyl groups is 1. The van der Waals surface area contributed by atoms with Crippen LogP contribution in [0.1, 0.15) is 19.8 Å². The van der Waals surface area contributed by atoms with E-state index in [-0.39, 0.29) is 6.10 Å². The fourth-order valence-electron chi connectivity index (χ4n) is 2.09. The second-order valence-corrected chi connectivity index (χ2v) is 3.63. The molecule has 0 aromatic rings. The minimum atomic E-state index is -0.0973. The average molecular weight is 138 g/mol. The molecule has 1 heteroatoms. The largest absolute Gasteiger partial charge is 0.393 e. The van der Waals surface area contributed by atoms with E-state index in [2.05, 4.69) is 12.2 Å². The maximum Gasteiger partial charge on any atom is 0.0546 e. The molecule has 1 N–H and O–H groups in total. The lowest BCUT2D eigenvalue weighted by Gasteiger charge is -2.20. The van der Waals surface area contributed by atoms with Crippen LogP contribution in [0.5, 0.6) is 0 Å². The van der Waals surface area contributed by atoms with Crippen molar-refractivity contribution in [1.82, 2.24) is 0 Å². The molecule has 0 amide bonds. The Morgan fingerprint density at radius 1 is 1.60 bits per heavy atom. The first-order valence-corrected chi connectivity index (χ1v) is 4.14. The molecule has 4 unspecified atom stereocenters. The zero-order valence-electron chi connectivity index (χ0n) is 6.33. The van der Waals surface area contributed by atoms with Gasteiger partial charge in [-0.3, -0.25) is 0 Å². The predicted molar refractivity (Wildman–Crippen MR) is 40.5 cm³/mol. The van der Waals surface area contributed by atoms with Gasteiger partial charge in [-0.15, -0.1) is 0 Å². The Morgan fingerprint density at radius 2 is 2.40 bits per heavy atom. The van der Waals surface area contributed by atoms with Crippen LogP contribution in [0.25, 0.3) is 0 Å². The summed E-state index contributed by atoms with van der Waals surface area (Å²) in [5.41, 5.74) is 0. The molecule has 0 aliphatic heterocycles. The van der Waals surface area contributed by atoms with Gasteiger partial charge in [-0.25, -0.2) is 0 Å². The molecule has 1 saturated carbocycles. The Hall–Kier alpha value is -0.300. The van der Waals surface area contributed by atoms with E-state index in [0.717, 1.165) is 18.3 Å². The van der Waals surface area contributed by atoms with Crippen molar-refractivity contribution in [2.24, 2.45) is 17.8 Å². The molecule has 10 heavy (non-hydrogen) atoms. The van der Waals surface area contributed by atoms with E-state index in [1.54, 1.807) is 0 Å². The number of hydrogen-bond donors (Lipinski definition) is 1. The van der Waals surface area contributed by atoms with Crippen LogP contribution < -0.4 is 0 Å². The molecule has 2 aliphatic carbocycles. The van der Waals surface area contributed by atoms with Crippen molar-refractivity contribution in [2.45, 2.75) is 25.9 Å². The Labute approximate surface area is 61.8 Å². The van der Waals surface area contributed by atoms with E-state index < -0.39 is 0 Å². The lowest BCUT2D eigenvalue weighted by Crippen LogP contribution is -2.20. The summed E-state index contributed by atoms with van der Waals surface area (Å²) < 4.78 is 0. The SMILES string of the molecule is CC(O)C1CC=CC2CC21. The number of rotatable bonds is 1. The molecule has 0 radical (unpaired) electrons. The molecule has 1 fully saturated rings. The van der Waals surface area contributed by atoms with Gasteiger partial charge in [0.05, 0.1) is 6.10 Å². The lowest BCUT2D eigenvalue weighted by atomic mass is 9.90. The van der Waals surface area contributed by atoms with E-state index in [1.807, 2.05) is 6.92 Å². The highest BCUT2D eigenvalue weighted by Gasteiger charge is 2.44. The van der Waals surface area contributed by atoms with Gasteiger partial charge in [-0.05, 0) is 37.5 Å². The van der Waals surface area contributed by atoms with Gasteiger partial charge < -0.3 is 5.11 Å². The quantitative estimate of drug-likeness (QED) is 0.545. The highest BCUT2D eigenvalue weighted by molar-refractivity contribution is 5.10. The topological polar surface area (TPSA) is 20.2 Å². The second kappa shape index (κ2) is 2.09. The minimum absolute atomic E-state index is 0.0973. The number of allylic oxidation sites excluding steroid dienone is 2. The number of hydrogen-bond acceptors (Lipinski definition) is 1. The fourth-order valence-corrected chi connectivity index (χ4v) is 2.09. The van der Waals surface area contributed by atoms with Crippen molar-refractivity contribution >= 4 is 0 Å². The van der Waals surface area contributed by atoms with Crippen LogP contribution in [0.4, 0.5) is 0 Å². The molecule has 0 heterocycles. The van der Waals surface area contributed by atoms with Crippen LogP contribution in [-0.2, 0) is 0 Å². The van der Waals surface area contributed by atoms with E-state index in [1.165, 1.54) is 6.42 Å². The van der Waals surface area contributed by atoms with Crippen LogP contribution in [0.2, 0.25) is 0 Å². The zero-order valence-corrected chi connectivity index (χ0v) is 6.33. The van der Waals surface area contributed by atoms with Gasteiger partial charge >= 0.3 is 0 Å². The number of aliphatic hydroxyl groups excluding tert-OH is 1. The summed E-state index contributed by atoms with van der Waals surface area (Å²) in [6.07, 6.45) is 6.86. The molecule has 0 spiro atoms. The predicted octanol–water partition coefficient (Wildman–Crippen LogP) is 1.58. The second-order valence-electron chi connectivity index (χ2n) is 3.63. The van der Waals surface area contributed by atoms with Crippen molar-refractivity contribution in [1.29, 1.82) is 0 Å². The van der Waals surface area contributed by atoms with Crippen molar-refractivity contribution in [3.63, 3.8) is 0 Å². The zero-order chi connectivity index (χ0) is 7.14. The van der Waals surface area contributed by atoms with Gasteiger partial charge in [0.15, 0.2) is 0 Å². The first-order valence-electron chi connectivity index (χ1n) is 4.14. The third-order valence-corrected chi connectivity index (χ3v) is 2.85. The Balaban J connectivity index is 2.05. The van der Waals surface area contributed by atoms with Gasteiger partial charge in [0.1, 0.15) is 0 Å². The summed E-state index contributed by atoms with van der Waals surface area (Å²) in [5, 5.41) is 9.34. The molecule has 1 nitrogen and oxygen atoms in total. The van der Waals surface area contributed by atoms with Crippen molar-refractivity contribution in [3.05, 3.63) is 12.2 Å². The molecule has 0 bridgehead atoms. The molecule has 2 rings (SSSR count). The summed E-state index contributed by atoms with van der Waals surface area (Å²) in [7, 11) is 0. The maximum absolute atomic E-state index is 9.34. The van der Waals surface area contributed by atoms with Crippen molar-refractivity contribution in [3.8, 4) is 0 Å². The van der Waals surface area contributed by atoms with Gasteiger partial charge in [0.2, 0.25) is 0 Å². The van der Waals surface area contributed by atoms with Crippen LogP contribution in [0.15, 0.2) is 12.2 Å². The third kappa shape index (κ3) is 0.891. The summed E-state index contributed by atoms with van der Waals surface area (Å²) in [6, 6.07) is 0. The number of fused-ring (bicyclic) bond motifs is 1. The summed E-state index contributed by atoms with van der Waals surface area (Å²) >= 11 is 0. The van der Waals surface area contributed by atoms with Crippen LogP contribution >= 0.6 is 0 Å². The van der Waals surface area contributed by atoms with Gasteiger partial charge in [-0.1, -0.05) is 12.2 Å². The van der Waals surface area contributed by atoms with Crippen molar-refractivity contribution in [2.75, 3.05) is 0 Å². The smallest absolute Gasteiger partial charge is 0.0546 e. The van der Waals surface area contributed by atoms with Crippen LogP contribution in [0, 0.1) is 17.8 Å². The van der Waals surface area contributed by atoms with Gasteiger partial charge in [0.25, 0.3) is 0 Å². The summed E-state index contributed by atoms with van der Waals surface area (Å²) in [6.45, 7) is 1.92. The molecular formula is C9H14O. The molecule has 0 aromatic carbocycles. The standard InChI is InChI=1S/C9H14O/c1-6(10)8-4-2-3-7-5-9(7)8/h2-3,6-10H,4-5H2,1H3. The van der Waals surface area contributed by atoms with Crippen molar-refractivity contribution < 1.29 is 5.11 Å².